The Morgan fingerprint density at radius 1 is 0.394 bits per heavy atom. The highest BCUT2D eigenvalue weighted by atomic mass is 31.2. The van der Waals surface area contributed by atoms with Crippen LogP contribution in [0.3, 0.4) is 0 Å². The molecule has 0 aromatic heterocycles. The minimum Gasteiger partial charge on any atom is -0.497 e. The molecule has 0 amide bonds. The predicted octanol–water partition coefficient (Wildman–Crippen LogP) is 4.34. The van der Waals surface area contributed by atoms with E-state index in [0.717, 1.165) is 44.2 Å². The van der Waals surface area contributed by atoms with Gasteiger partial charge >= 0.3 is 0 Å². The van der Waals surface area contributed by atoms with Crippen LogP contribution >= 0.6 is 7.26 Å². The van der Waals surface area contributed by atoms with E-state index in [1.54, 1.807) is 28.4 Å². The fourth-order valence-corrected chi connectivity index (χ4v) is 8.48. The van der Waals surface area contributed by atoms with Gasteiger partial charge in [-0.1, -0.05) is 24.3 Å². The Balaban J connectivity index is 2.17. The van der Waals surface area contributed by atoms with Crippen LogP contribution in [0.1, 0.15) is 0 Å². The minimum atomic E-state index is -2.39. The molecule has 0 fully saturated rings. The Morgan fingerprint density at radius 3 is 0.848 bits per heavy atom. The molecule has 0 spiro atoms. The first-order valence-electron chi connectivity index (χ1n) is 10.6. The first-order valence-corrected chi connectivity index (χ1v) is 12.4. The second-order valence-corrected chi connectivity index (χ2v) is 10.9. The molecule has 5 heteroatoms. The van der Waals surface area contributed by atoms with Crippen molar-refractivity contribution >= 4 is 28.5 Å². The molecule has 0 atom stereocenters. The van der Waals surface area contributed by atoms with Gasteiger partial charge in [0.1, 0.15) is 51.5 Å². The van der Waals surface area contributed by atoms with Gasteiger partial charge in [0.25, 0.3) is 0 Å². The van der Waals surface area contributed by atoms with Crippen molar-refractivity contribution in [1.29, 1.82) is 0 Å². The van der Waals surface area contributed by atoms with Gasteiger partial charge in [-0.05, 0) is 48.5 Å². The van der Waals surface area contributed by atoms with Crippen molar-refractivity contribution in [3.8, 4) is 23.0 Å². The van der Waals surface area contributed by atoms with E-state index in [9.17, 15) is 0 Å². The van der Waals surface area contributed by atoms with E-state index in [-0.39, 0.29) is 0 Å². The van der Waals surface area contributed by atoms with Gasteiger partial charge in [-0.2, -0.15) is 0 Å². The van der Waals surface area contributed by atoms with Crippen molar-refractivity contribution in [2.75, 3.05) is 28.4 Å². The molecule has 4 nitrogen and oxygen atoms in total. The Hall–Kier alpha value is -3.49. The third kappa shape index (κ3) is 4.27. The molecule has 0 aliphatic rings. The van der Waals surface area contributed by atoms with Crippen molar-refractivity contribution in [3.05, 3.63) is 97.1 Å². The highest BCUT2D eigenvalue weighted by Gasteiger charge is 2.49. The molecule has 0 aliphatic carbocycles. The number of methoxy groups -OCH3 is 4. The van der Waals surface area contributed by atoms with E-state index in [1.807, 2.05) is 48.5 Å². The summed E-state index contributed by atoms with van der Waals surface area (Å²) in [6.07, 6.45) is 0. The van der Waals surface area contributed by atoms with Gasteiger partial charge in [0.15, 0.2) is 0 Å². The molecule has 0 bridgehead atoms. The standard InChI is InChI=1S/C28H28O4P/c1-29-21-9-5-13-25(17-21)33(26-14-6-10-22(18-26)30-2,27-15-7-11-23(19-27)31-3)28-16-8-12-24(20-28)32-4/h5-20H,1-4H3/q+1. The molecule has 0 heterocycles. The zero-order chi connectivity index (χ0) is 23.3. The van der Waals surface area contributed by atoms with Crippen LogP contribution in [0.2, 0.25) is 0 Å². The summed E-state index contributed by atoms with van der Waals surface area (Å²) >= 11 is 0. The molecular formula is C28H28O4P+. The Kier molecular flexibility index (Phi) is 6.86. The molecule has 4 rings (SSSR count). The topological polar surface area (TPSA) is 36.9 Å². The predicted molar refractivity (Wildman–Crippen MR) is 137 cm³/mol. The van der Waals surface area contributed by atoms with Crippen LogP contribution < -0.4 is 40.2 Å². The van der Waals surface area contributed by atoms with Gasteiger partial charge in [0.05, 0.1) is 28.4 Å². The Labute approximate surface area is 196 Å². The van der Waals surface area contributed by atoms with Crippen LogP contribution in [-0.2, 0) is 0 Å². The van der Waals surface area contributed by atoms with E-state index in [2.05, 4.69) is 48.5 Å². The molecule has 4 aromatic carbocycles. The highest BCUT2D eigenvalue weighted by Crippen LogP contribution is 2.55. The lowest BCUT2D eigenvalue weighted by molar-refractivity contribution is 0.415. The summed E-state index contributed by atoms with van der Waals surface area (Å²) in [6, 6.07) is 33.3. The van der Waals surface area contributed by atoms with Gasteiger partial charge in [-0.25, -0.2) is 0 Å². The maximum atomic E-state index is 5.64. The summed E-state index contributed by atoms with van der Waals surface area (Å²) < 4.78 is 22.5. The maximum absolute atomic E-state index is 5.64. The van der Waals surface area contributed by atoms with Crippen LogP contribution in [0.15, 0.2) is 97.1 Å². The Bertz CT molecular complexity index is 1040. The molecule has 0 radical (unpaired) electrons. The van der Waals surface area contributed by atoms with Crippen LogP contribution in [0.25, 0.3) is 0 Å². The quantitative estimate of drug-likeness (QED) is 0.368. The van der Waals surface area contributed by atoms with Crippen molar-refractivity contribution in [2.24, 2.45) is 0 Å². The van der Waals surface area contributed by atoms with Crippen molar-refractivity contribution in [2.45, 2.75) is 0 Å². The van der Waals surface area contributed by atoms with Gasteiger partial charge in [-0.15, -0.1) is 0 Å². The summed E-state index contributed by atoms with van der Waals surface area (Å²) in [5.74, 6) is 3.24. The molecule has 4 aromatic rings. The van der Waals surface area contributed by atoms with Gasteiger partial charge in [0, 0.05) is 24.3 Å². The third-order valence-electron chi connectivity index (χ3n) is 5.76. The summed E-state index contributed by atoms with van der Waals surface area (Å²) in [6.45, 7) is 0. The highest BCUT2D eigenvalue weighted by molar-refractivity contribution is 8.01. The van der Waals surface area contributed by atoms with Gasteiger partial charge in [0.2, 0.25) is 0 Å². The molecule has 0 saturated heterocycles. The molecule has 0 aliphatic heterocycles. The summed E-state index contributed by atoms with van der Waals surface area (Å²) in [5.41, 5.74) is 0. The maximum Gasteiger partial charge on any atom is 0.144 e. The molecule has 0 saturated carbocycles. The number of hydrogen-bond acceptors (Lipinski definition) is 4. The van der Waals surface area contributed by atoms with Crippen molar-refractivity contribution in [3.63, 3.8) is 0 Å². The minimum absolute atomic E-state index is 0.811. The first kappa shape index (κ1) is 22.7. The van der Waals surface area contributed by atoms with Crippen LogP contribution in [0, 0.1) is 0 Å². The second-order valence-electron chi connectivity index (χ2n) is 7.48. The number of benzene rings is 4. The smallest absolute Gasteiger partial charge is 0.144 e. The molecular weight excluding hydrogens is 431 g/mol. The number of hydrogen-bond donors (Lipinski definition) is 0. The number of rotatable bonds is 8. The lowest BCUT2D eigenvalue weighted by Crippen LogP contribution is -2.38. The number of ether oxygens (including phenoxy) is 4. The SMILES string of the molecule is COc1cccc([P+](c2cccc(OC)c2)(c2cccc(OC)c2)c2cccc(OC)c2)c1. The van der Waals surface area contributed by atoms with E-state index in [0.29, 0.717) is 0 Å². The summed E-state index contributed by atoms with van der Waals surface area (Å²) in [4.78, 5) is 0. The van der Waals surface area contributed by atoms with Gasteiger partial charge in [-0.3, -0.25) is 0 Å². The largest absolute Gasteiger partial charge is 0.497 e. The van der Waals surface area contributed by atoms with E-state index in [4.69, 9.17) is 18.9 Å². The average Bonchev–Trinajstić information content (AvgIpc) is 2.89. The molecule has 168 valence electrons. The van der Waals surface area contributed by atoms with Crippen molar-refractivity contribution < 1.29 is 18.9 Å². The summed E-state index contributed by atoms with van der Waals surface area (Å²) in [7, 11) is 4.40. The zero-order valence-electron chi connectivity index (χ0n) is 19.3. The van der Waals surface area contributed by atoms with E-state index in [1.165, 1.54) is 0 Å². The van der Waals surface area contributed by atoms with E-state index >= 15 is 0 Å². The van der Waals surface area contributed by atoms with Crippen molar-refractivity contribution in [1.82, 2.24) is 0 Å². The van der Waals surface area contributed by atoms with Gasteiger partial charge < -0.3 is 18.9 Å². The normalized spacial score (nSPS) is 11.0. The lowest BCUT2D eigenvalue weighted by Gasteiger charge is -2.28. The zero-order valence-corrected chi connectivity index (χ0v) is 20.2. The summed E-state index contributed by atoms with van der Waals surface area (Å²) in [5, 5.41) is 4.65. The molecule has 33 heavy (non-hydrogen) atoms. The van der Waals surface area contributed by atoms with E-state index < -0.39 is 7.26 Å². The Morgan fingerprint density at radius 2 is 0.636 bits per heavy atom. The average molecular weight is 460 g/mol. The molecule has 0 N–H and O–H groups in total. The van der Waals surface area contributed by atoms with Crippen LogP contribution in [0.4, 0.5) is 0 Å². The van der Waals surface area contributed by atoms with Crippen LogP contribution in [-0.4, -0.2) is 28.4 Å². The third-order valence-corrected chi connectivity index (χ3v) is 9.97. The fraction of sp³-hybridized carbons (Fsp3) is 0.143. The molecule has 0 unspecified atom stereocenters. The lowest BCUT2D eigenvalue weighted by atomic mass is 10.3. The first-order chi connectivity index (χ1) is 16.1. The fourth-order valence-electron chi connectivity index (χ4n) is 4.17. The monoisotopic (exact) mass is 459 g/mol. The second kappa shape index (κ2) is 9.97. The van der Waals surface area contributed by atoms with Crippen LogP contribution in [0.5, 0.6) is 23.0 Å².